The number of carbonyl (C=O) groups excluding carboxylic acids is 2. The van der Waals surface area contributed by atoms with E-state index in [9.17, 15) is 9.59 Å². The van der Waals surface area contributed by atoms with Gasteiger partial charge in [-0.1, -0.05) is 23.8 Å². The molecule has 10 heteroatoms. The van der Waals surface area contributed by atoms with Crippen molar-refractivity contribution < 1.29 is 23.8 Å². The van der Waals surface area contributed by atoms with Gasteiger partial charge in [-0.25, -0.2) is 4.98 Å². The molecule has 2 heterocycles. The Labute approximate surface area is 251 Å². The lowest BCUT2D eigenvalue weighted by atomic mass is 10.1. The third-order valence-corrected chi connectivity index (χ3v) is 7.38. The van der Waals surface area contributed by atoms with Crippen LogP contribution in [0.25, 0.3) is 16.9 Å². The first-order valence-corrected chi connectivity index (χ1v) is 14.3. The zero-order valence-electron chi connectivity index (χ0n) is 24.8. The lowest BCUT2D eigenvalue weighted by Crippen LogP contribution is -2.45. The number of aryl methyl sites for hydroxylation is 1. The van der Waals surface area contributed by atoms with E-state index in [-0.39, 0.29) is 18.4 Å². The standard InChI is InChI=1S/C33H37N5O5/c1-24-7-11-27(12-8-24)38-22-30(25-9-13-28(41-2)14-10-25)34-33(38)35-31(39)23-37(16-15-36-17-19-43-20-18-36)32(40)26-5-4-6-29(21-26)42-3/h4-14,21-22H,15-20,23H2,1-3H3,(H,34,35,39). The fourth-order valence-electron chi connectivity index (χ4n) is 4.89. The Morgan fingerprint density at radius 2 is 1.67 bits per heavy atom. The number of morpholine rings is 1. The van der Waals surface area contributed by atoms with Crippen LogP contribution in [0.1, 0.15) is 15.9 Å². The van der Waals surface area contributed by atoms with E-state index in [4.69, 9.17) is 19.2 Å². The molecule has 2 amide bonds. The molecule has 0 unspecified atom stereocenters. The van der Waals surface area contributed by atoms with Crippen molar-refractivity contribution in [3.05, 3.63) is 90.1 Å². The number of imidazole rings is 1. The number of hydrogen-bond donors (Lipinski definition) is 1. The van der Waals surface area contributed by atoms with Crippen molar-refractivity contribution in [3.63, 3.8) is 0 Å². The molecule has 43 heavy (non-hydrogen) atoms. The second-order valence-corrected chi connectivity index (χ2v) is 10.3. The number of benzene rings is 3. The lowest BCUT2D eigenvalue weighted by Gasteiger charge is -2.30. The summed E-state index contributed by atoms with van der Waals surface area (Å²) in [6.07, 6.45) is 1.89. The molecular formula is C33H37N5O5. The van der Waals surface area contributed by atoms with Crippen molar-refractivity contribution in [2.75, 3.05) is 65.5 Å². The second kappa shape index (κ2) is 14.0. The number of carbonyl (C=O) groups is 2. The smallest absolute Gasteiger partial charge is 0.254 e. The minimum atomic E-state index is -0.349. The topological polar surface area (TPSA) is 98.2 Å². The number of anilines is 1. The number of aromatic nitrogens is 2. The first-order valence-electron chi connectivity index (χ1n) is 14.3. The van der Waals surface area contributed by atoms with Crippen LogP contribution in [0.15, 0.2) is 79.0 Å². The fourth-order valence-corrected chi connectivity index (χ4v) is 4.89. The summed E-state index contributed by atoms with van der Waals surface area (Å²) in [7, 11) is 3.18. The van der Waals surface area contributed by atoms with Gasteiger partial charge in [0.15, 0.2) is 0 Å². The van der Waals surface area contributed by atoms with Gasteiger partial charge >= 0.3 is 0 Å². The van der Waals surface area contributed by atoms with Gasteiger partial charge in [0.25, 0.3) is 5.91 Å². The third kappa shape index (κ3) is 7.59. The molecule has 10 nitrogen and oxygen atoms in total. The first kappa shape index (κ1) is 29.8. The SMILES string of the molecule is COc1ccc(-c2cn(-c3ccc(C)cc3)c(NC(=O)CN(CCN3CCOCC3)C(=O)c3cccc(OC)c3)n2)cc1. The average Bonchev–Trinajstić information content (AvgIpc) is 3.47. The van der Waals surface area contributed by atoms with Crippen molar-refractivity contribution >= 4 is 17.8 Å². The Morgan fingerprint density at radius 3 is 2.37 bits per heavy atom. The van der Waals surface area contributed by atoms with E-state index >= 15 is 0 Å². The second-order valence-electron chi connectivity index (χ2n) is 10.3. The fraction of sp³-hybridized carbons (Fsp3) is 0.303. The van der Waals surface area contributed by atoms with Gasteiger partial charge in [-0.3, -0.25) is 24.4 Å². The Balaban J connectivity index is 1.39. The van der Waals surface area contributed by atoms with Crippen LogP contribution in [-0.4, -0.2) is 91.3 Å². The summed E-state index contributed by atoms with van der Waals surface area (Å²) in [5.41, 5.74) is 4.00. The van der Waals surface area contributed by atoms with Crippen LogP contribution < -0.4 is 14.8 Å². The zero-order chi connectivity index (χ0) is 30.2. The molecule has 5 rings (SSSR count). The largest absolute Gasteiger partial charge is 0.497 e. The summed E-state index contributed by atoms with van der Waals surface area (Å²) in [5.74, 6) is 1.09. The van der Waals surface area contributed by atoms with E-state index in [1.54, 1.807) is 43.4 Å². The number of nitrogens with one attached hydrogen (secondary N) is 1. The van der Waals surface area contributed by atoms with Crippen LogP contribution in [0.3, 0.4) is 0 Å². The normalized spacial score (nSPS) is 13.4. The van der Waals surface area contributed by atoms with Crippen LogP contribution >= 0.6 is 0 Å². The molecule has 0 bridgehead atoms. The van der Waals surface area contributed by atoms with E-state index in [1.165, 1.54) is 0 Å². The molecule has 1 aromatic heterocycles. The average molecular weight is 584 g/mol. The van der Waals surface area contributed by atoms with Gasteiger partial charge in [-0.2, -0.15) is 0 Å². The van der Waals surface area contributed by atoms with E-state index in [1.807, 2.05) is 66.2 Å². The molecule has 4 aromatic rings. The predicted octanol–water partition coefficient (Wildman–Crippen LogP) is 4.28. The van der Waals surface area contributed by atoms with Gasteiger partial charge in [0.1, 0.15) is 18.0 Å². The first-order chi connectivity index (χ1) is 20.9. The van der Waals surface area contributed by atoms with Gasteiger partial charge in [-0.05, 0) is 61.5 Å². The maximum absolute atomic E-state index is 13.7. The molecule has 224 valence electrons. The Kier molecular flexibility index (Phi) is 9.70. The molecule has 1 N–H and O–H groups in total. The highest BCUT2D eigenvalue weighted by atomic mass is 16.5. The van der Waals surface area contributed by atoms with Gasteiger partial charge in [0, 0.05) is 49.2 Å². The van der Waals surface area contributed by atoms with Gasteiger partial charge in [0.2, 0.25) is 11.9 Å². The van der Waals surface area contributed by atoms with Gasteiger partial charge in [-0.15, -0.1) is 0 Å². The van der Waals surface area contributed by atoms with E-state index in [0.29, 0.717) is 49.3 Å². The summed E-state index contributed by atoms with van der Waals surface area (Å²) >= 11 is 0. The molecule has 3 aromatic carbocycles. The summed E-state index contributed by atoms with van der Waals surface area (Å²) in [6, 6.07) is 22.5. The number of methoxy groups -OCH3 is 2. The lowest BCUT2D eigenvalue weighted by molar-refractivity contribution is -0.117. The van der Waals surface area contributed by atoms with Crippen LogP contribution in [0.5, 0.6) is 11.5 Å². The minimum absolute atomic E-state index is 0.140. The summed E-state index contributed by atoms with van der Waals surface area (Å²) < 4.78 is 17.9. The Hall–Kier alpha value is -4.67. The van der Waals surface area contributed by atoms with Gasteiger partial charge < -0.3 is 19.1 Å². The zero-order valence-corrected chi connectivity index (χ0v) is 24.8. The van der Waals surface area contributed by atoms with Crippen molar-refractivity contribution in [1.29, 1.82) is 0 Å². The Morgan fingerprint density at radius 1 is 0.953 bits per heavy atom. The molecule has 1 aliphatic rings. The van der Waals surface area contributed by atoms with Crippen molar-refractivity contribution in [2.24, 2.45) is 0 Å². The summed E-state index contributed by atoms with van der Waals surface area (Å²) in [6.45, 7) is 5.78. The van der Waals surface area contributed by atoms with Gasteiger partial charge in [0.05, 0.1) is 33.1 Å². The highest BCUT2D eigenvalue weighted by Crippen LogP contribution is 2.26. The molecule has 0 saturated carbocycles. The van der Waals surface area contributed by atoms with Crippen LogP contribution in [0, 0.1) is 6.92 Å². The molecule has 0 atom stereocenters. The van der Waals surface area contributed by atoms with E-state index < -0.39 is 0 Å². The van der Waals surface area contributed by atoms with E-state index in [0.717, 1.165) is 35.7 Å². The highest BCUT2D eigenvalue weighted by Gasteiger charge is 2.23. The maximum atomic E-state index is 13.7. The molecular weight excluding hydrogens is 546 g/mol. The van der Waals surface area contributed by atoms with Crippen LogP contribution in [-0.2, 0) is 9.53 Å². The van der Waals surface area contributed by atoms with Crippen molar-refractivity contribution in [3.8, 4) is 28.4 Å². The molecule has 1 saturated heterocycles. The Bertz CT molecular complexity index is 1530. The molecule has 0 aliphatic carbocycles. The van der Waals surface area contributed by atoms with Crippen LogP contribution in [0.2, 0.25) is 0 Å². The summed E-state index contributed by atoms with van der Waals surface area (Å²) in [5, 5.41) is 2.97. The van der Waals surface area contributed by atoms with Crippen molar-refractivity contribution in [2.45, 2.75) is 6.92 Å². The number of amides is 2. The quantitative estimate of drug-likeness (QED) is 0.282. The third-order valence-electron chi connectivity index (χ3n) is 7.38. The number of rotatable bonds is 11. The molecule has 1 fully saturated rings. The predicted molar refractivity (Wildman–Crippen MR) is 165 cm³/mol. The van der Waals surface area contributed by atoms with Crippen LogP contribution in [0.4, 0.5) is 5.95 Å². The summed E-state index contributed by atoms with van der Waals surface area (Å²) in [4.78, 5) is 35.8. The molecule has 0 radical (unpaired) electrons. The molecule has 0 spiro atoms. The minimum Gasteiger partial charge on any atom is -0.497 e. The monoisotopic (exact) mass is 583 g/mol. The highest BCUT2D eigenvalue weighted by molar-refractivity contribution is 5.99. The maximum Gasteiger partial charge on any atom is 0.254 e. The van der Waals surface area contributed by atoms with E-state index in [2.05, 4.69) is 10.2 Å². The number of ether oxygens (including phenoxy) is 3. The number of nitrogens with zero attached hydrogens (tertiary/aromatic N) is 4. The molecule has 1 aliphatic heterocycles. The van der Waals surface area contributed by atoms with Crippen molar-refractivity contribution in [1.82, 2.24) is 19.4 Å². The number of hydrogen-bond acceptors (Lipinski definition) is 7.